The smallest absolute Gasteiger partial charge is 0.475 e. The summed E-state index contributed by atoms with van der Waals surface area (Å²) in [6.45, 7) is -0.875. The van der Waals surface area contributed by atoms with Crippen molar-refractivity contribution in [2.75, 3.05) is 25.5 Å². The lowest BCUT2D eigenvalue weighted by molar-refractivity contribution is -0.192. The lowest BCUT2D eigenvalue weighted by Crippen LogP contribution is -2.26. The highest BCUT2D eigenvalue weighted by Crippen LogP contribution is 2.24. The number of alkyl halides is 3. The third-order valence-electron chi connectivity index (χ3n) is 4.58. The van der Waals surface area contributed by atoms with E-state index in [0.29, 0.717) is 11.1 Å². The summed E-state index contributed by atoms with van der Waals surface area (Å²) in [5.74, 6) is -2.65. The fourth-order valence-corrected chi connectivity index (χ4v) is 2.70. The van der Waals surface area contributed by atoms with Crippen LogP contribution >= 0.6 is 0 Å². The van der Waals surface area contributed by atoms with Crippen molar-refractivity contribution < 1.29 is 36.2 Å². The molecule has 3 rings (SSSR count). The SMILES string of the molecule is CN(C)c1ccc(-c2ccc(-n3cnn(CC(CN)=C(F)F)c3=O)c(F)c2)cn1.O=C(O)C(F)(F)F. The second kappa shape index (κ2) is 11.5. The van der Waals surface area contributed by atoms with Crippen LogP contribution in [0.15, 0.2) is 59.3 Å². The average molecular weight is 518 g/mol. The molecule has 0 amide bonds. The number of nitrogens with two attached hydrogens (primary N) is 1. The zero-order chi connectivity index (χ0) is 27.2. The van der Waals surface area contributed by atoms with Crippen molar-refractivity contribution in [2.24, 2.45) is 5.73 Å². The Balaban J connectivity index is 0.000000572. The highest BCUT2D eigenvalue weighted by Gasteiger charge is 2.38. The van der Waals surface area contributed by atoms with Crippen LogP contribution in [0.5, 0.6) is 0 Å². The van der Waals surface area contributed by atoms with Crippen molar-refractivity contribution in [3.05, 3.63) is 70.8 Å². The van der Waals surface area contributed by atoms with E-state index in [1.54, 1.807) is 12.3 Å². The molecule has 0 radical (unpaired) electrons. The van der Waals surface area contributed by atoms with Gasteiger partial charge in [0, 0.05) is 38.0 Å². The molecule has 194 valence electrons. The van der Waals surface area contributed by atoms with E-state index in [2.05, 4.69) is 10.1 Å². The topological polar surface area (TPSA) is 119 Å². The first kappa shape index (κ1) is 28.1. The molecule has 0 spiro atoms. The number of pyridine rings is 1. The summed E-state index contributed by atoms with van der Waals surface area (Å²) < 4.78 is 73.7. The van der Waals surface area contributed by atoms with Gasteiger partial charge in [-0.05, 0) is 29.8 Å². The number of aliphatic carboxylic acids is 1. The van der Waals surface area contributed by atoms with Crippen LogP contribution in [0.1, 0.15) is 0 Å². The first-order chi connectivity index (χ1) is 16.8. The molecule has 2 heterocycles. The molecule has 0 aliphatic carbocycles. The zero-order valence-corrected chi connectivity index (χ0v) is 18.8. The molecular formula is C21H20F6N6O3. The predicted molar refractivity (Wildman–Crippen MR) is 117 cm³/mol. The van der Waals surface area contributed by atoms with Gasteiger partial charge in [0.05, 0.1) is 12.2 Å². The third-order valence-corrected chi connectivity index (χ3v) is 4.58. The molecule has 0 aliphatic rings. The molecule has 0 saturated carbocycles. The largest absolute Gasteiger partial charge is 0.490 e. The van der Waals surface area contributed by atoms with Gasteiger partial charge in [-0.3, -0.25) is 0 Å². The maximum absolute atomic E-state index is 14.7. The fourth-order valence-electron chi connectivity index (χ4n) is 2.70. The minimum atomic E-state index is -5.08. The molecule has 15 heteroatoms. The van der Waals surface area contributed by atoms with E-state index in [9.17, 15) is 31.1 Å². The Bertz CT molecular complexity index is 1290. The molecule has 9 nitrogen and oxygen atoms in total. The number of halogens is 6. The molecule has 0 unspecified atom stereocenters. The highest BCUT2D eigenvalue weighted by molar-refractivity contribution is 5.73. The standard InChI is InChI=1S/C19H19F3N6O.C2HF3O2/c1-26(2)17-6-4-13(9-24-17)12-3-5-16(15(20)7-12)27-11-25-28(19(27)29)10-14(8-23)18(21)22;3-2(4,5)1(6)7/h3-7,9,11H,8,10,23H2,1-2H3;(H,6,7). The van der Waals surface area contributed by atoms with E-state index in [4.69, 9.17) is 15.6 Å². The molecule has 0 fully saturated rings. The van der Waals surface area contributed by atoms with Crippen LogP contribution in [0, 0.1) is 5.82 Å². The van der Waals surface area contributed by atoms with Crippen LogP contribution in [-0.2, 0) is 11.3 Å². The van der Waals surface area contributed by atoms with Gasteiger partial charge in [0.25, 0.3) is 6.08 Å². The van der Waals surface area contributed by atoms with E-state index in [-0.39, 0.29) is 5.69 Å². The Morgan fingerprint density at radius 3 is 2.19 bits per heavy atom. The number of hydrogen-bond donors (Lipinski definition) is 2. The molecule has 3 aromatic rings. The fraction of sp³-hybridized carbons (Fsp3) is 0.238. The number of rotatable bonds is 6. The van der Waals surface area contributed by atoms with Gasteiger partial charge < -0.3 is 15.7 Å². The summed E-state index contributed by atoms with van der Waals surface area (Å²) >= 11 is 0. The summed E-state index contributed by atoms with van der Waals surface area (Å²) in [7, 11) is 3.73. The number of carboxylic acids is 1. The van der Waals surface area contributed by atoms with Crippen molar-refractivity contribution in [2.45, 2.75) is 12.7 Å². The first-order valence-electron chi connectivity index (χ1n) is 9.87. The van der Waals surface area contributed by atoms with Gasteiger partial charge in [0.15, 0.2) is 0 Å². The highest BCUT2D eigenvalue weighted by atomic mass is 19.4. The van der Waals surface area contributed by atoms with Crippen LogP contribution in [0.2, 0.25) is 0 Å². The molecule has 36 heavy (non-hydrogen) atoms. The molecule has 2 aromatic heterocycles. The normalized spacial score (nSPS) is 10.9. The van der Waals surface area contributed by atoms with E-state index in [0.717, 1.165) is 21.4 Å². The van der Waals surface area contributed by atoms with Crippen molar-refractivity contribution in [1.82, 2.24) is 19.3 Å². The minimum absolute atomic E-state index is 0.0399. The molecular weight excluding hydrogens is 498 g/mol. The lowest BCUT2D eigenvalue weighted by Gasteiger charge is -2.11. The molecule has 1 aromatic carbocycles. The van der Waals surface area contributed by atoms with Gasteiger partial charge >= 0.3 is 17.8 Å². The number of benzene rings is 1. The molecule has 3 N–H and O–H groups in total. The number of hydrogen-bond acceptors (Lipinski definition) is 6. The Kier molecular flexibility index (Phi) is 9.00. The Hall–Kier alpha value is -4.14. The second-order valence-electron chi connectivity index (χ2n) is 7.28. The Morgan fingerprint density at radius 1 is 1.14 bits per heavy atom. The number of carbonyl (C=O) groups is 1. The van der Waals surface area contributed by atoms with Crippen LogP contribution in [-0.4, -0.2) is 57.2 Å². The van der Waals surface area contributed by atoms with Crippen LogP contribution < -0.4 is 16.3 Å². The van der Waals surface area contributed by atoms with Crippen LogP contribution in [0.4, 0.5) is 32.2 Å². The number of nitrogens with zero attached hydrogens (tertiary/aromatic N) is 5. The van der Waals surface area contributed by atoms with Crippen molar-refractivity contribution in [3.8, 4) is 16.8 Å². The molecule has 0 saturated heterocycles. The van der Waals surface area contributed by atoms with E-state index in [1.165, 1.54) is 12.1 Å². The average Bonchev–Trinajstić information content (AvgIpc) is 3.16. The number of anilines is 1. The van der Waals surface area contributed by atoms with E-state index in [1.807, 2.05) is 31.1 Å². The second-order valence-corrected chi connectivity index (χ2v) is 7.28. The molecule has 0 bridgehead atoms. The Labute approximate surface area is 199 Å². The third kappa shape index (κ3) is 6.94. The lowest BCUT2D eigenvalue weighted by atomic mass is 10.1. The number of carboxylic acid groups (broad SMARTS) is 1. The van der Waals surface area contributed by atoms with Gasteiger partial charge in [-0.25, -0.2) is 28.2 Å². The summed E-state index contributed by atoms with van der Waals surface area (Å²) in [5, 5.41) is 10.9. The van der Waals surface area contributed by atoms with Crippen molar-refractivity contribution in [1.29, 1.82) is 0 Å². The minimum Gasteiger partial charge on any atom is -0.475 e. The summed E-state index contributed by atoms with van der Waals surface area (Å²) in [6, 6.07) is 7.96. The maximum Gasteiger partial charge on any atom is 0.490 e. The maximum atomic E-state index is 14.7. The van der Waals surface area contributed by atoms with Gasteiger partial charge in [0.1, 0.15) is 18.0 Å². The summed E-state index contributed by atoms with van der Waals surface area (Å²) in [5.41, 5.74) is 5.34. The monoisotopic (exact) mass is 518 g/mol. The van der Waals surface area contributed by atoms with Crippen LogP contribution in [0.25, 0.3) is 16.8 Å². The number of aromatic nitrogens is 4. The van der Waals surface area contributed by atoms with Crippen molar-refractivity contribution in [3.63, 3.8) is 0 Å². The Morgan fingerprint density at radius 2 is 1.75 bits per heavy atom. The first-order valence-corrected chi connectivity index (χ1v) is 9.87. The summed E-state index contributed by atoms with van der Waals surface area (Å²) in [6.07, 6.45) is -4.34. The molecule has 0 atom stereocenters. The quantitative estimate of drug-likeness (QED) is 0.482. The van der Waals surface area contributed by atoms with Crippen LogP contribution in [0.3, 0.4) is 0 Å². The zero-order valence-electron chi connectivity index (χ0n) is 18.8. The van der Waals surface area contributed by atoms with Gasteiger partial charge in [-0.1, -0.05) is 6.07 Å². The summed E-state index contributed by atoms with van der Waals surface area (Å²) in [4.78, 5) is 27.5. The van der Waals surface area contributed by atoms with Gasteiger partial charge in [-0.2, -0.15) is 27.1 Å². The molecule has 0 aliphatic heterocycles. The van der Waals surface area contributed by atoms with Crippen molar-refractivity contribution >= 4 is 11.8 Å². The predicted octanol–water partition coefficient (Wildman–Crippen LogP) is 3.04. The van der Waals surface area contributed by atoms with E-state index >= 15 is 0 Å². The van der Waals surface area contributed by atoms with E-state index < -0.39 is 48.4 Å². The van der Waals surface area contributed by atoms with Gasteiger partial charge in [-0.15, -0.1) is 0 Å². The van der Waals surface area contributed by atoms with Gasteiger partial charge in [0.2, 0.25) is 0 Å².